The maximum Gasteiger partial charge on any atom is 0.320 e. The van der Waals surface area contributed by atoms with Crippen molar-refractivity contribution in [3.05, 3.63) is 0 Å². The van der Waals surface area contributed by atoms with Crippen LogP contribution in [0.15, 0.2) is 0 Å². The van der Waals surface area contributed by atoms with Gasteiger partial charge in [-0.05, 0) is 25.7 Å². The van der Waals surface area contributed by atoms with Crippen molar-refractivity contribution in [3.63, 3.8) is 0 Å². The van der Waals surface area contributed by atoms with Crippen LogP contribution in [0.5, 0.6) is 0 Å². The molecule has 0 aromatic rings. The molecule has 2 fully saturated rings. The first-order valence-corrected chi connectivity index (χ1v) is 17.9. The van der Waals surface area contributed by atoms with Gasteiger partial charge in [0, 0.05) is 97.4 Å². The number of hydrogen-bond donors (Lipinski definition) is 6. The first kappa shape index (κ1) is 42.4. The lowest BCUT2D eigenvalue weighted by atomic mass is 10.1. The van der Waals surface area contributed by atoms with Crippen LogP contribution >= 0.6 is 11.8 Å². The van der Waals surface area contributed by atoms with E-state index in [9.17, 15) is 53.7 Å². The molecule has 2 heterocycles. The summed E-state index contributed by atoms with van der Waals surface area (Å²) in [4.78, 5) is 102. The molecule has 6 N–H and O–H groups in total. The highest BCUT2D eigenvalue weighted by Crippen LogP contribution is 2.25. The summed E-state index contributed by atoms with van der Waals surface area (Å²) < 4.78 is 0. The number of carbonyl (C=O) groups is 8. The van der Waals surface area contributed by atoms with Crippen LogP contribution in [-0.4, -0.2) is 178 Å². The minimum atomic E-state index is -1.17. The first-order valence-electron chi connectivity index (χ1n) is 16.9. The Labute approximate surface area is 295 Å². The monoisotopic (exact) mass is 729 g/mol. The van der Waals surface area contributed by atoms with E-state index in [4.69, 9.17) is 0 Å². The second-order valence-electron chi connectivity index (χ2n) is 12.2. The van der Waals surface area contributed by atoms with E-state index >= 15 is 0 Å². The van der Waals surface area contributed by atoms with Gasteiger partial charge in [0.1, 0.15) is 6.04 Å². The lowest BCUT2D eigenvalue weighted by Crippen LogP contribution is -2.47. The largest absolute Gasteiger partial charge is 0.480 e. The lowest BCUT2D eigenvalue weighted by Gasteiger charge is -2.30. The molecule has 0 aromatic heterocycles. The predicted octanol–water partition coefficient (Wildman–Crippen LogP) is -1.90. The molecule has 0 aliphatic carbocycles. The van der Waals surface area contributed by atoms with Gasteiger partial charge >= 0.3 is 17.9 Å². The van der Waals surface area contributed by atoms with Crippen molar-refractivity contribution in [3.8, 4) is 0 Å². The number of amides is 5. The Morgan fingerprint density at radius 2 is 1.30 bits per heavy atom. The third-order valence-corrected chi connectivity index (χ3v) is 9.50. The van der Waals surface area contributed by atoms with Crippen molar-refractivity contribution in [1.82, 2.24) is 35.6 Å². The fraction of sp³-hybridized carbons (Fsp3) is 0.742. The SMILES string of the molecule is CC(=O)NCCCCCNC(=O)CCSC1CC(=O)N(CCNC(=O)CCC(C(=O)O)N2CCN(CC(=O)O)CCN(CC(=O)O)CC2)C1=O. The highest BCUT2D eigenvalue weighted by atomic mass is 32.2. The molecule has 0 aromatic carbocycles. The lowest BCUT2D eigenvalue weighted by molar-refractivity contribution is -0.145. The number of hydrogen-bond acceptors (Lipinski definition) is 12. The van der Waals surface area contributed by atoms with Crippen molar-refractivity contribution in [2.24, 2.45) is 0 Å². The van der Waals surface area contributed by atoms with Crippen molar-refractivity contribution in [1.29, 1.82) is 0 Å². The molecule has 2 rings (SSSR count). The maximum atomic E-state index is 12.8. The quantitative estimate of drug-likeness (QED) is 0.0526. The second kappa shape index (κ2) is 22.8. The third-order valence-electron chi connectivity index (χ3n) is 8.29. The van der Waals surface area contributed by atoms with Gasteiger partial charge in [0.25, 0.3) is 0 Å². The smallest absolute Gasteiger partial charge is 0.320 e. The Hall–Kier alpha value is -3.81. The molecule has 50 heavy (non-hydrogen) atoms. The van der Waals surface area contributed by atoms with Crippen LogP contribution in [0.4, 0.5) is 0 Å². The Morgan fingerprint density at radius 3 is 1.86 bits per heavy atom. The van der Waals surface area contributed by atoms with Crippen LogP contribution < -0.4 is 16.0 Å². The Balaban J connectivity index is 1.75. The Morgan fingerprint density at radius 1 is 0.760 bits per heavy atom. The van der Waals surface area contributed by atoms with Crippen molar-refractivity contribution >= 4 is 59.2 Å². The zero-order valence-corrected chi connectivity index (χ0v) is 29.4. The van der Waals surface area contributed by atoms with Gasteiger partial charge in [-0.2, -0.15) is 0 Å². The maximum absolute atomic E-state index is 12.8. The number of rotatable bonds is 22. The van der Waals surface area contributed by atoms with Gasteiger partial charge in [-0.1, -0.05) is 0 Å². The topological polar surface area (TPSA) is 246 Å². The number of carboxylic acids is 3. The fourth-order valence-electron chi connectivity index (χ4n) is 5.61. The molecule has 0 bridgehead atoms. The minimum Gasteiger partial charge on any atom is -0.480 e. The summed E-state index contributed by atoms with van der Waals surface area (Å²) in [5, 5.41) is 36.0. The van der Waals surface area contributed by atoms with E-state index in [-0.39, 0.29) is 102 Å². The Kier molecular flexibility index (Phi) is 19.3. The summed E-state index contributed by atoms with van der Waals surface area (Å²) in [6, 6.07) is -1.08. The van der Waals surface area contributed by atoms with Crippen molar-refractivity contribution in [2.45, 2.75) is 63.2 Å². The summed E-state index contributed by atoms with van der Waals surface area (Å²) in [6.07, 6.45) is 2.43. The molecule has 5 amide bonds. The molecular formula is C31H51N7O11S. The van der Waals surface area contributed by atoms with Gasteiger partial charge in [0.2, 0.25) is 29.5 Å². The zero-order valence-electron chi connectivity index (χ0n) is 28.6. The molecule has 18 nitrogen and oxygen atoms in total. The van der Waals surface area contributed by atoms with Gasteiger partial charge in [-0.3, -0.25) is 58.0 Å². The summed E-state index contributed by atoms with van der Waals surface area (Å²) in [7, 11) is 0. The molecule has 2 unspecified atom stereocenters. The first-order chi connectivity index (χ1) is 23.8. The van der Waals surface area contributed by atoms with Crippen LogP contribution in [-0.2, 0) is 38.4 Å². The molecule has 0 saturated carbocycles. The minimum absolute atomic E-state index is 0.00270. The highest BCUT2D eigenvalue weighted by molar-refractivity contribution is 8.00. The number of nitrogens with one attached hydrogen (secondary N) is 3. The fourth-order valence-corrected chi connectivity index (χ4v) is 6.73. The van der Waals surface area contributed by atoms with Crippen LogP contribution in [0.25, 0.3) is 0 Å². The Bertz CT molecular complexity index is 1180. The van der Waals surface area contributed by atoms with Crippen LogP contribution in [0.1, 0.15) is 51.9 Å². The molecule has 2 saturated heterocycles. The average Bonchev–Trinajstić information content (AvgIpc) is 3.34. The average molecular weight is 730 g/mol. The van der Waals surface area contributed by atoms with E-state index < -0.39 is 35.1 Å². The summed E-state index contributed by atoms with van der Waals surface area (Å²) in [5.74, 6) is -4.38. The van der Waals surface area contributed by atoms with Crippen LogP contribution in [0.2, 0.25) is 0 Å². The van der Waals surface area contributed by atoms with Gasteiger partial charge < -0.3 is 31.3 Å². The van der Waals surface area contributed by atoms with Crippen molar-refractivity contribution < 1.29 is 53.7 Å². The third kappa shape index (κ3) is 16.7. The standard InChI is InChI=1S/C31H51N7O11S/c1-22(39)32-8-3-2-4-9-33-26(41)7-18-50-24-19-27(42)38(30(24)47)11-10-34-25(40)6-5-23(31(48)49)37-16-14-35(20-28(43)44)12-13-36(15-17-37)21-29(45)46/h23-24H,2-21H2,1H3,(H,32,39)(H,33,41)(H,34,40)(H,43,44)(H,45,46)(H,48,49). The van der Waals surface area contributed by atoms with Crippen LogP contribution in [0.3, 0.4) is 0 Å². The van der Waals surface area contributed by atoms with E-state index in [1.165, 1.54) is 18.7 Å². The van der Waals surface area contributed by atoms with Gasteiger partial charge in [0.15, 0.2) is 0 Å². The van der Waals surface area contributed by atoms with Gasteiger partial charge in [0.05, 0.1) is 18.3 Å². The van der Waals surface area contributed by atoms with E-state index in [0.29, 0.717) is 31.9 Å². The normalized spacial score (nSPS) is 18.5. The van der Waals surface area contributed by atoms with E-state index in [1.54, 1.807) is 14.7 Å². The molecule has 0 spiro atoms. The van der Waals surface area contributed by atoms with E-state index in [2.05, 4.69) is 16.0 Å². The van der Waals surface area contributed by atoms with Gasteiger partial charge in [-0.15, -0.1) is 11.8 Å². The number of carbonyl (C=O) groups excluding carboxylic acids is 5. The summed E-state index contributed by atoms with van der Waals surface area (Å²) in [6.45, 7) is 3.46. The molecule has 19 heteroatoms. The molecule has 2 aliphatic rings. The number of carboxylic acid groups (broad SMARTS) is 3. The number of nitrogens with zero attached hydrogens (tertiary/aromatic N) is 4. The number of unbranched alkanes of at least 4 members (excludes halogenated alkanes) is 2. The molecule has 2 aliphatic heterocycles. The van der Waals surface area contributed by atoms with E-state index in [1.807, 2.05) is 0 Å². The van der Waals surface area contributed by atoms with Crippen LogP contribution in [0, 0.1) is 0 Å². The predicted molar refractivity (Wildman–Crippen MR) is 181 cm³/mol. The number of thioether (sulfide) groups is 1. The molecular weight excluding hydrogens is 678 g/mol. The zero-order chi connectivity index (χ0) is 37.1. The summed E-state index contributed by atoms with van der Waals surface area (Å²) in [5.41, 5.74) is 0. The number of aliphatic carboxylic acids is 3. The van der Waals surface area contributed by atoms with Gasteiger partial charge in [-0.25, -0.2) is 0 Å². The molecule has 2 atom stereocenters. The second-order valence-corrected chi connectivity index (χ2v) is 13.5. The van der Waals surface area contributed by atoms with Crippen molar-refractivity contribution in [2.75, 3.05) is 84.3 Å². The number of imide groups is 1. The molecule has 0 radical (unpaired) electrons. The number of likely N-dealkylation sites (tertiary alicyclic amines) is 1. The molecule has 282 valence electrons. The van der Waals surface area contributed by atoms with E-state index in [0.717, 1.165) is 24.2 Å². The summed E-state index contributed by atoms with van der Waals surface area (Å²) >= 11 is 1.23. The highest BCUT2D eigenvalue weighted by Gasteiger charge is 2.38.